The largest absolute Gasteiger partial charge is 0.481 e. The average molecular weight is 291 g/mol. The Morgan fingerprint density at radius 3 is 3.05 bits per heavy atom. The van der Waals surface area contributed by atoms with Crippen molar-refractivity contribution in [2.24, 2.45) is 0 Å². The summed E-state index contributed by atoms with van der Waals surface area (Å²) in [6.07, 6.45) is 6.57. The van der Waals surface area contributed by atoms with Gasteiger partial charge in [0.15, 0.2) is 5.82 Å². The van der Waals surface area contributed by atoms with Crippen LogP contribution < -0.4 is 5.84 Å². The van der Waals surface area contributed by atoms with Crippen molar-refractivity contribution in [1.29, 1.82) is 0 Å². The Balaban J connectivity index is 2.00. The topological polar surface area (TPSA) is 124 Å². The summed E-state index contributed by atoms with van der Waals surface area (Å²) >= 11 is 1.00. The van der Waals surface area contributed by atoms with Gasteiger partial charge in [0.05, 0.1) is 29.2 Å². The third kappa shape index (κ3) is 2.05. The SMILES string of the molecule is Nn1c(SCC(=O)O)nnc1-c1cnn2ccncc12. The molecule has 3 heterocycles. The minimum Gasteiger partial charge on any atom is -0.481 e. The Kier molecular flexibility index (Phi) is 2.99. The fourth-order valence-electron chi connectivity index (χ4n) is 1.69. The lowest BCUT2D eigenvalue weighted by molar-refractivity contribution is -0.133. The van der Waals surface area contributed by atoms with Crippen LogP contribution in [0.3, 0.4) is 0 Å². The van der Waals surface area contributed by atoms with E-state index in [-0.39, 0.29) is 5.75 Å². The number of hydrogen-bond donors (Lipinski definition) is 2. The summed E-state index contributed by atoms with van der Waals surface area (Å²) in [6, 6.07) is 0. The lowest BCUT2D eigenvalue weighted by Crippen LogP contribution is -2.12. The first-order chi connectivity index (χ1) is 9.66. The predicted octanol–water partition coefficient (Wildman–Crippen LogP) is -0.122. The monoisotopic (exact) mass is 291 g/mol. The third-order valence-electron chi connectivity index (χ3n) is 2.55. The lowest BCUT2D eigenvalue weighted by atomic mass is 10.3. The highest BCUT2D eigenvalue weighted by molar-refractivity contribution is 7.99. The lowest BCUT2D eigenvalue weighted by Gasteiger charge is -2.01. The Morgan fingerprint density at radius 2 is 2.25 bits per heavy atom. The van der Waals surface area contributed by atoms with E-state index in [0.29, 0.717) is 16.5 Å². The number of carboxylic acids is 1. The first-order valence-electron chi connectivity index (χ1n) is 5.49. The fourth-order valence-corrected chi connectivity index (χ4v) is 2.27. The van der Waals surface area contributed by atoms with E-state index in [1.165, 1.54) is 4.68 Å². The third-order valence-corrected chi connectivity index (χ3v) is 3.48. The number of nitrogen functional groups attached to an aromatic ring is 1. The number of nitrogens with two attached hydrogens (primary N) is 1. The second-order valence-corrected chi connectivity index (χ2v) is 4.77. The fraction of sp³-hybridized carbons (Fsp3) is 0.100. The molecule has 9 nitrogen and oxygen atoms in total. The molecule has 10 heteroatoms. The first-order valence-corrected chi connectivity index (χ1v) is 6.48. The molecule has 0 aliphatic heterocycles. The quantitative estimate of drug-likeness (QED) is 0.503. The summed E-state index contributed by atoms with van der Waals surface area (Å²) in [7, 11) is 0. The van der Waals surface area contributed by atoms with Crippen molar-refractivity contribution in [3.8, 4) is 11.4 Å². The van der Waals surface area contributed by atoms with Gasteiger partial charge in [-0.25, -0.2) is 9.19 Å². The summed E-state index contributed by atoms with van der Waals surface area (Å²) < 4.78 is 2.89. The van der Waals surface area contributed by atoms with Crippen molar-refractivity contribution in [3.63, 3.8) is 0 Å². The van der Waals surface area contributed by atoms with E-state index in [1.54, 1.807) is 29.3 Å². The van der Waals surface area contributed by atoms with E-state index in [9.17, 15) is 4.79 Å². The van der Waals surface area contributed by atoms with Gasteiger partial charge in [0.2, 0.25) is 5.16 Å². The van der Waals surface area contributed by atoms with Crippen LogP contribution in [-0.4, -0.2) is 46.3 Å². The molecule has 3 aromatic rings. The van der Waals surface area contributed by atoms with Crippen molar-refractivity contribution < 1.29 is 9.90 Å². The highest BCUT2D eigenvalue weighted by Crippen LogP contribution is 2.24. The second kappa shape index (κ2) is 4.81. The zero-order valence-corrected chi connectivity index (χ0v) is 10.9. The molecule has 0 bridgehead atoms. The van der Waals surface area contributed by atoms with Gasteiger partial charge in [-0.2, -0.15) is 5.10 Å². The Bertz CT molecular complexity index is 781. The number of aromatic nitrogens is 6. The van der Waals surface area contributed by atoms with Crippen molar-refractivity contribution in [2.45, 2.75) is 5.16 Å². The van der Waals surface area contributed by atoms with Gasteiger partial charge >= 0.3 is 5.97 Å². The zero-order chi connectivity index (χ0) is 14.1. The molecule has 0 aromatic carbocycles. The smallest absolute Gasteiger partial charge is 0.313 e. The van der Waals surface area contributed by atoms with Crippen LogP contribution in [0.4, 0.5) is 0 Å². The van der Waals surface area contributed by atoms with E-state index < -0.39 is 5.97 Å². The molecule has 3 N–H and O–H groups in total. The van der Waals surface area contributed by atoms with Crippen LogP contribution in [0.1, 0.15) is 0 Å². The number of nitrogens with zero attached hydrogens (tertiary/aromatic N) is 6. The van der Waals surface area contributed by atoms with Crippen LogP contribution >= 0.6 is 11.8 Å². The highest BCUT2D eigenvalue weighted by atomic mass is 32.2. The molecular weight excluding hydrogens is 282 g/mol. The van der Waals surface area contributed by atoms with Crippen LogP contribution in [0.25, 0.3) is 16.9 Å². The maximum Gasteiger partial charge on any atom is 0.313 e. The molecule has 20 heavy (non-hydrogen) atoms. The number of rotatable bonds is 4. The minimum absolute atomic E-state index is 0.133. The number of thioether (sulfide) groups is 1. The first kappa shape index (κ1) is 12.4. The maximum absolute atomic E-state index is 10.6. The molecule has 3 aromatic heterocycles. The molecule has 0 saturated heterocycles. The predicted molar refractivity (Wildman–Crippen MR) is 70.5 cm³/mol. The van der Waals surface area contributed by atoms with E-state index in [1.807, 2.05) is 0 Å². The number of fused-ring (bicyclic) bond motifs is 1. The molecule has 0 unspecified atom stereocenters. The van der Waals surface area contributed by atoms with Crippen LogP contribution in [0, 0.1) is 0 Å². The molecule has 102 valence electrons. The summed E-state index contributed by atoms with van der Waals surface area (Å²) in [4.78, 5) is 14.6. The summed E-state index contributed by atoms with van der Waals surface area (Å²) in [5.41, 5.74) is 1.41. The Hall–Kier alpha value is -2.62. The van der Waals surface area contributed by atoms with Crippen LogP contribution in [-0.2, 0) is 4.79 Å². The van der Waals surface area contributed by atoms with Gasteiger partial charge < -0.3 is 10.9 Å². The molecule has 0 fully saturated rings. The van der Waals surface area contributed by atoms with Gasteiger partial charge in [-0.15, -0.1) is 10.2 Å². The van der Waals surface area contributed by atoms with E-state index in [4.69, 9.17) is 10.9 Å². The van der Waals surface area contributed by atoms with Crippen molar-refractivity contribution in [3.05, 3.63) is 24.8 Å². The van der Waals surface area contributed by atoms with E-state index in [2.05, 4.69) is 20.3 Å². The van der Waals surface area contributed by atoms with Gasteiger partial charge in [-0.3, -0.25) is 9.78 Å². The van der Waals surface area contributed by atoms with Crippen molar-refractivity contribution in [1.82, 2.24) is 29.5 Å². The minimum atomic E-state index is -0.945. The van der Waals surface area contributed by atoms with E-state index >= 15 is 0 Å². The Morgan fingerprint density at radius 1 is 1.40 bits per heavy atom. The molecule has 0 radical (unpaired) electrons. The summed E-state index contributed by atoms with van der Waals surface area (Å²) in [5, 5.41) is 21.0. The zero-order valence-electron chi connectivity index (χ0n) is 10.0. The molecule has 0 aliphatic carbocycles. The molecular formula is C10H9N7O2S. The number of carboxylic acid groups (broad SMARTS) is 1. The van der Waals surface area contributed by atoms with Crippen molar-refractivity contribution in [2.75, 3.05) is 11.6 Å². The van der Waals surface area contributed by atoms with Crippen LogP contribution in [0.5, 0.6) is 0 Å². The van der Waals surface area contributed by atoms with Crippen LogP contribution in [0.15, 0.2) is 29.9 Å². The Labute approximate surface area is 116 Å². The maximum atomic E-state index is 10.6. The van der Waals surface area contributed by atoms with E-state index in [0.717, 1.165) is 17.3 Å². The molecule has 0 saturated carbocycles. The highest BCUT2D eigenvalue weighted by Gasteiger charge is 2.16. The average Bonchev–Trinajstić information content (AvgIpc) is 3.00. The molecule has 0 spiro atoms. The summed E-state index contributed by atoms with van der Waals surface area (Å²) in [6.45, 7) is 0. The van der Waals surface area contributed by atoms with Gasteiger partial charge in [-0.1, -0.05) is 11.8 Å². The number of aliphatic carboxylic acids is 1. The number of carbonyl (C=O) groups is 1. The van der Waals surface area contributed by atoms with Gasteiger partial charge in [0, 0.05) is 12.4 Å². The summed E-state index contributed by atoms with van der Waals surface area (Å²) in [5.74, 6) is 5.22. The molecule has 3 rings (SSSR count). The molecule has 0 aliphatic rings. The second-order valence-electron chi connectivity index (χ2n) is 3.82. The van der Waals surface area contributed by atoms with Crippen LogP contribution in [0.2, 0.25) is 0 Å². The number of hydrogen-bond acceptors (Lipinski definition) is 7. The van der Waals surface area contributed by atoms with Gasteiger partial charge in [0.25, 0.3) is 0 Å². The van der Waals surface area contributed by atoms with Gasteiger partial charge in [-0.05, 0) is 0 Å². The van der Waals surface area contributed by atoms with Crippen molar-refractivity contribution >= 4 is 23.2 Å². The molecule has 0 amide bonds. The van der Waals surface area contributed by atoms with Gasteiger partial charge in [0.1, 0.15) is 0 Å². The normalized spacial score (nSPS) is 11.0. The molecule has 0 atom stereocenters. The standard InChI is InChI=1S/C10H9N7O2S/c11-17-9(14-15-10(17)20-5-8(18)19)6-3-13-16-2-1-12-4-7(6)16/h1-4H,5,11H2,(H,18,19).